The van der Waals surface area contributed by atoms with E-state index in [4.69, 9.17) is 27.9 Å². The van der Waals surface area contributed by atoms with Crippen molar-refractivity contribution in [3.8, 4) is 5.75 Å². The fraction of sp³-hybridized carbons (Fsp3) is 0.130. The van der Waals surface area contributed by atoms with Crippen molar-refractivity contribution in [3.63, 3.8) is 0 Å². The molecule has 3 aromatic carbocycles. The molecule has 0 fully saturated rings. The van der Waals surface area contributed by atoms with Gasteiger partial charge in [-0.25, -0.2) is 0 Å². The van der Waals surface area contributed by atoms with Gasteiger partial charge in [-0.1, -0.05) is 23.2 Å². The third-order valence-electron chi connectivity index (χ3n) is 4.53. The molecule has 3 aromatic rings. The number of nitrogens with one attached hydrogen (secondary N) is 2. The molecule has 0 aliphatic heterocycles. The van der Waals surface area contributed by atoms with Crippen LogP contribution in [0.4, 0.5) is 17.1 Å². The Bertz CT molecular complexity index is 1120. The summed E-state index contributed by atoms with van der Waals surface area (Å²) in [6, 6.07) is 16.7. The number of carbonyl (C=O) groups is 2. The van der Waals surface area contributed by atoms with Crippen LogP contribution in [0.5, 0.6) is 5.75 Å². The second-order valence-corrected chi connectivity index (χ2v) is 7.73. The van der Waals surface area contributed by atoms with Crippen molar-refractivity contribution in [2.45, 2.75) is 0 Å². The summed E-state index contributed by atoms with van der Waals surface area (Å²) in [7, 11) is 5.34. The summed E-state index contributed by atoms with van der Waals surface area (Å²) in [5.74, 6) is -0.299. The predicted octanol–water partition coefficient (Wildman–Crippen LogP) is 5.57. The standard InChI is InChI=1S/C23H21Cl2N3O3/c1-28(2)17-8-4-14(5-9-17)22(29)27-20-12-15(6-11-21(20)31-3)23(30)26-19-13-16(24)7-10-18(19)25/h4-13H,1-3H3,(H,26,30)(H,27,29). The smallest absolute Gasteiger partial charge is 0.255 e. The largest absolute Gasteiger partial charge is 0.495 e. The SMILES string of the molecule is COc1ccc(C(=O)Nc2cc(Cl)ccc2Cl)cc1NC(=O)c1ccc(N(C)C)cc1. The Labute approximate surface area is 190 Å². The molecular weight excluding hydrogens is 437 g/mol. The van der Waals surface area contributed by atoms with Gasteiger partial charge in [-0.05, 0) is 60.7 Å². The van der Waals surface area contributed by atoms with Gasteiger partial charge in [-0.2, -0.15) is 0 Å². The van der Waals surface area contributed by atoms with E-state index in [0.29, 0.717) is 38.3 Å². The summed E-state index contributed by atoms with van der Waals surface area (Å²) < 4.78 is 5.33. The van der Waals surface area contributed by atoms with Gasteiger partial charge in [0.25, 0.3) is 11.8 Å². The maximum Gasteiger partial charge on any atom is 0.255 e. The van der Waals surface area contributed by atoms with E-state index in [2.05, 4.69) is 10.6 Å². The minimum absolute atomic E-state index is 0.315. The van der Waals surface area contributed by atoms with Gasteiger partial charge in [0.15, 0.2) is 0 Å². The minimum atomic E-state index is -0.405. The second-order valence-electron chi connectivity index (χ2n) is 6.89. The highest BCUT2D eigenvalue weighted by molar-refractivity contribution is 6.35. The highest BCUT2D eigenvalue weighted by Crippen LogP contribution is 2.29. The second kappa shape index (κ2) is 9.73. The third-order valence-corrected chi connectivity index (χ3v) is 5.10. The van der Waals surface area contributed by atoms with Crippen LogP contribution in [0.2, 0.25) is 10.0 Å². The summed E-state index contributed by atoms with van der Waals surface area (Å²) in [4.78, 5) is 27.4. The molecule has 0 saturated carbocycles. The van der Waals surface area contributed by atoms with Gasteiger partial charge < -0.3 is 20.3 Å². The van der Waals surface area contributed by atoms with Crippen molar-refractivity contribution in [2.24, 2.45) is 0 Å². The van der Waals surface area contributed by atoms with Crippen LogP contribution in [0.15, 0.2) is 60.7 Å². The number of ether oxygens (including phenoxy) is 1. The van der Waals surface area contributed by atoms with Crippen LogP contribution < -0.4 is 20.3 Å². The number of benzene rings is 3. The zero-order valence-corrected chi connectivity index (χ0v) is 18.7. The number of hydrogen-bond acceptors (Lipinski definition) is 4. The Kier molecular flexibility index (Phi) is 7.05. The van der Waals surface area contributed by atoms with E-state index in [-0.39, 0.29) is 5.91 Å². The maximum absolute atomic E-state index is 12.7. The molecule has 0 heterocycles. The van der Waals surface area contributed by atoms with Crippen LogP contribution in [0, 0.1) is 0 Å². The van der Waals surface area contributed by atoms with E-state index < -0.39 is 5.91 Å². The molecule has 0 bridgehead atoms. The molecule has 3 rings (SSSR count). The van der Waals surface area contributed by atoms with Crippen LogP contribution in [0.25, 0.3) is 0 Å². The highest BCUT2D eigenvalue weighted by Gasteiger charge is 2.15. The molecule has 0 atom stereocenters. The number of hydrogen-bond donors (Lipinski definition) is 2. The molecule has 31 heavy (non-hydrogen) atoms. The summed E-state index contributed by atoms with van der Waals surface area (Å²) in [5, 5.41) is 6.33. The van der Waals surface area contributed by atoms with Crippen molar-refractivity contribution in [1.82, 2.24) is 0 Å². The number of methoxy groups -OCH3 is 1. The molecule has 6 nitrogen and oxygen atoms in total. The zero-order chi connectivity index (χ0) is 22.5. The van der Waals surface area contributed by atoms with Crippen LogP contribution >= 0.6 is 23.2 Å². The van der Waals surface area contributed by atoms with Crippen molar-refractivity contribution in [2.75, 3.05) is 36.7 Å². The molecule has 0 aliphatic carbocycles. The molecule has 0 saturated heterocycles. The number of anilines is 3. The molecular formula is C23H21Cl2N3O3. The number of amides is 2. The first-order valence-electron chi connectivity index (χ1n) is 9.31. The van der Waals surface area contributed by atoms with Crippen molar-refractivity contribution < 1.29 is 14.3 Å². The van der Waals surface area contributed by atoms with Crippen molar-refractivity contribution >= 4 is 52.1 Å². The van der Waals surface area contributed by atoms with Crippen molar-refractivity contribution in [3.05, 3.63) is 81.8 Å². The fourth-order valence-corrected chi connectivity index (χ4v) is 3.18. The first-order chi connectivity index (χ1) is 14.8. The number of carbonyl (C=O) groups excluding carboxylic acids is 2. The van der Waals surface area contributed by atoms with Gasteiger partial charge in [-0.3, -0.25) is 9.59 Å². The lowest BCUT2D eigenvalue weighted by Crippen LogP contribution is -2.16. The van der Waals surface area contributed by atoms with Gasteiger partial charge in [0.1, 0.15) is 5.75 Å². The van der Waals surface area contributed by atoms with E-state index in [0.717, 1.165) is 5.69 Å². The molecule has 0 aliphatic rings. The molecule has 2 N–H and O–H groups in total. The Morgan fingerprint density at radius 2 is 1.42 bits per heavy atom. The normalized spacial score (nSPS) is 10.4. The van der Waals surface area contributed by atoms with Gasteiger partial charge in [0.05, 0.1) is 23.5 Å². The van der Waals surface area contributed by atoms with E-state index >= 15 is 0 Å². The van der Waals surface area contributed by atoms with E-state index in [1.54, 1.807) is 48.5 Å². The van der Waals surface area contributed by atoms with Gasteiger partial charge in [0, 0.05) is 35.9 Å². The summed E-state index contributed by atoms with van der Waals surface area (Å²) in [6.07, 6.45) is 0. The lowest BCUT2D eigenvalue weighted by Gasteiger charge is -2.14. The zero-order valence-electron chi connectivity index (χ0n) is 17.2. The van der Waals surface area contributed by atoms with E-state index in [1.165, 1.54) is 7.11 Å². The molecule has 0 spiro atoms. The monoisotopic (exact) mass is 457 g/mol. The fourth-order valence-electron chi connectivity index (χ4n) is 2.84. The lowest BCUT2D eigenvalue weighted by molar-refractivity contribution is 0.101. The molecule has 2 amide bonds. The summed E-state index contributed by atoms with van der Waals surface area (Å²) >= 11 is 12.1. The minimum Gasteiger partial charge on any atom is -0.495 e. The Morgan fingerprint density at radius 1 is 0.806 bits per heavy atom. The van der Waals surface area contributed by atoms with Gasteiger partial charge in [-0.15, -0.1) is 0 Å². The maximum atomic E-state index is 12.7. The van der Waals surface area contributed by atoms with E-state index in [1.807, 2.05) is 31.1 Å². The average molecular weight is 458 g/mol. The number of halogens is 2. The van der Waals surface area contributed by atoms with Gasteiger partial charge in [0.2, 0.25) is 0 Å². The molecule has 160 valence electrons. The third kappa shape index (κ3) is 5.48. The first-order valence-corrected chi connectivity index (χ1v) is 10.1. The number of nitrogens with zero attached hydrogens (tertiary/aromatic N) is 1. The first kappa shape index (κ1) is 22.5. The Hall–Kier alpha value is -3.22. The van der Waals surface area contributed by atoms with Crippen LogP contribution in [0.3, 0.4) is 0 Å². The molecule has 0 radical (unpaired) electrons. The molecule has 0 aromatic heterocycles. The molecule has 0 unspecified atom stereocenters. The number of rotatable bonds is 6. The van der Waals surface area contributed by atoms with Crippen LogP contribution in [0.1, 0.15) is 20.7 Å². The summed E-state index contributed by atoms with van der Waals surface area (Å²) in [6.45, 7) is 0. The highest BCUT2D eigenvalue weighted by atomic mass is 35.5. The Morgan fingerprint density at radius 3 is 2.06 bits per heavy atom. The van der Waals surface area contributed by atoms with Crippen LogP contribution in [-0.2, 0) is 0 Å². The average Bonchev–Trinajstić information content (AvgIpc) is 2.76. The predicted molar refractivity (Wildman–Crippen MR) is 126 cm³/mol. The Balaban J connectivity index is 1.82. The van der Waals surface area contributed by atoms with Gasteiger partial charge >= 0.3 is 0 Å². The van der Waals surface area contributed by atoms with E-state index in [9.17, 15) is 9.59 Å². The quantitative estimate of drug-likeness (QED) is 0.507. The van der Waals surface area contributed by atoms with Crippen LogP contribution in [-0.4, -0.2) is 33.0 Å². The summed E-state index contributed by atoms with van der Waals surface area (Å²) in [5.41, 5.74) is 2.53. The molecule has 8 heteroatoms. The van der Waals surface area contributed by atoms with Crippen molar-refractivity contribution in [1.29, 1.82) is 0 Å². The topological polar surface area (TPSA) is 70.7 Å². The lowest BCUT2D eigenvalue weighted by atomic mass is 10.1.